The topological polar surface area (TPSA) is 102 Å². The average molecular weight is 330 g/mol. The van der Waals surface area contributed by atoms with Crippen molar-refractivity contribution in [2.45, 2.75) is 39.7 Å². The quantitative estimate of drug-likeness (QED) is 0.724. The molecule has 0 aliphatic carbocycles. The van der Waals surface area contributed by atoms with Crippen molar-refractivity contribution >= 4 is 11.0 Å². The molecule has 0 aliphatic heterocycles. The van der Waals surface area contributed by atoms with Crippen LogP contribution in [0.3, 0.4) is 0 Å². The van der Waals surface area contributed by atoms with Crippen LogP contribution in [0.15, 0.2) is 9.32 Å². The van der Waals surface area contributed by atoms with Gasteiger partial charge in [0.1, 0.15) is 0 Å². The summed E-state index contributed by atoms with van der Waals surface area (Å²) in [6.45, 7) is 5.92. The second-order valence-electron chi connectivity index (χ2n) is 6.17. The van der Waals surface area contributed by atoms with Crippen molar-refractivity contribution in [1.82, 2.24) is 30.2 Å². The van der Waals surface area contributed by atoms with Crippen LogP contribution in [0, 0.1) is 13.8 Å². The summed E-state index contributed by atoms with van der Waals surface area (Å²) in [4.78, 5) is 21.1. The van der Waals surface area contributed by atoms with Crippen LogP contribution in [0.1, 0.15) is 35.5 Å². The molecular formula is C16H22N6O2. The van der Waals surface area contributed by atoms with E-state index in [2.05, 4.69) is 32.5 Å². The predicted octanol–water partition coefficient (Wildman–Crippen LogP) is 1.00. The molecular weight excluding hydrogens is 308 g/mol. The van der Waals surface area contributed by atoms with Crippen LogP contribution in [0.5, 0.6) is 0 Å². The molecule has 8 nitrogen and oxygen atoms in total. The van der Waals surface area contributed by atoms with Crippen molar-refractivity contribution in [2.24, 2.45) is 7.05 Å². The molecule has 1 atom stereocenters. The van der Waals surface area contributed by atoms with Crippen LogP contribution in [0.25, 0.3) is 11.0 Å². The lowest BCUT2D eigenvalue weighted by atomic mass is 10.0. The molecule has 2 N–H and O–H groups in total. The van der Waals surface area contributed by atoms with Gasteiger partial charge in [-0.3, -0.25) is 14.6 Å². The zero-order valence-corrected chi connectivity index (χ0v) is 14.6. The van der Waals surface area contributed by atoms with Crippen LogP contribution in [0.4, 0.5) is 0 Å². The minimum atomic E-state index is -0.132. The van der Waals surface area contributed by atoms with E-state index >= 15 is 0 Å². The number of likely N-dealkylation sites (N-methyl/N-ethyl adjacent to an activating group) is 1. The SMILES string of the molecule is CNC(C)Cc1noc(Cc2c(C)nc3c(c2C)c(=O)[nH]n3C)n1. The first kappa shape index (κ1) is 16.4. The molecule has 0 aromatic carbocycles. The third kappa shape index (κ3) is 2.84. The maximum Gasteiger partial charge on any atom is 0.273 e. The first-order valence-corrected chi connectivity index (χ1v) is 7.94. The number of aromatic nitrogens is 5. The Morgan fingerprint density at radius 3 is 2.79 bits per heavy atom. The fourth-order valence-corrected chi connectivity index (χ4v) is 2.88. The Kier molecular flexibility index (Phi) is 4.23. The third-order valence-corrected chi connectivity index (χ3v) is 4.40. The highest BCUT2D eigenvalue weighted by Crippen LogP contribution is 2.22. The second-order valence-corrected chi connectivity index (χ2v) is 6.17. The van der Waals surface area contributed by atoms with Gasteiger partial charge in [0.05, 0.1) is 11.8 Å². The highest BCUT2D eigenvalue weighted by Gasteiger charge is 2.18. The maximum atomic E-state index is 12.1. The van der Waals surface area contributed by atoms with Crippen molar-refractivity contribution < 1.29 is 4.52 Å². The van der Waals surface area contributed by atoms with Crippen LogP contribution in [-0.2, 0) is 19.9 Å². The number of hydrogen-bond donors (Lipinski definition) is 2. The Balaban J connectivity index is 1.96. The molecule has 0 bridgehead atoms. The summed E-state index contributed by atoms with van der Waals surface area (Å²) in [5.74, 6) is 1.21. The summed E-state index contributed by atoms with van der Waals surface area (Å²) >= 11 is 0. The summed E-state index contributed by atoms with van der Waals surface area (Å²) < 4.78 is 7.01. The number of aromatic amines is 1. The summed E-state index contributed by atoms with van der Waals surface area (Å²) in [5, 5.41) is 10.5. The Labute approximate surface area is 139 Å². The fraction of sp³-hybridized carbons (Fsp3) is 0.500. The Morgan fingerprint density at radius 2 is 2.08 bits per heavy atom. The number of aryl methyl sites for hydroxylation is 3. The summed E-state index contributed by atoms with van der Waals surface area (Å²) in [7, 11) is 3.68. The third-order valence-electron chi connectivity index (χ3n) is 4.40. The highest BCUT2D eigenvalue weighted by atomic mass is 16.5. The van der Waals surface area contributed by atoms with Gasteiger partial charge in [-0.05, 0) is 38.9 Å². The Hall–Kier alpha value is -2.48. The monoisotopic (exact) mass is 330 g/mol. The lowest BCUT2D eigenvalue weighted by Crippen LogP contribution is -2.24. The molecule has 3 rings (SSSR count). The number of rotatable bonds is 5. The van der Waals surface area contributed by atoms with E-state index in [1.165, 1.54) is 0 Å². The molecule has 3 aromatic heterocycles. The molecule has 0 amide bonds. The molecule has 0 saturated heterocycles. The van der Waals surface area contributed by atoms with Gasteiger partial charge < -0.3 is 9.84 Å². The van der Waals surface area contributed by atoms with E-state index < -0.39 is 0 Å². The summed E-state index contributed by atoms with van der Waals surface area (Å²) in [6.07, 6.45) is 1.17. The van der Waals surface area contributed by atoms with Crippen LogP contribution < -0.4 is 10.9 Å². The van der Waals surface area contributed by atoms with Gasteiger partial charge in [-0.1, -0.05) is 5.16 Å². The largest absolute Gasteiger partial charge is 0.339 e. The number of hydrogen-bond acceptors (Lipinski definition) is 6. The van der Waals surface area contributed by atoms with Gasteiger partial charge >= 0.3 is 0 Å². The standard InChI is InChI=1S/C16H22N6O2/c1-8(17-4)6-12-19-13(24-21-12)7-11-9(2)14-15(18-10(11)3)22(5)20-16(14)23/h8,17H,6-7H2,1-5H3,(H,20,23). The molecule has 0 fully saturated rings. The maximum absolute atomic E-state index is 12.1. The number of nitrogens with one attached hydrogen (secondary N) is 2. The Bertz CT molecular complexity index is 936. The smallest absolute Gasteiger partial charge is 0.273 e. The molecule has 3 heterocycles. The average Bonchev–Trinajstić information content (AvgIpc) is 3.08. The molecule has 0 spiro atoms. The van der Waals surface area contributed by atoms with Crippen LogP contribution >= 0.6 is 0 Å². The molecule has 24 heavy (non-hydrogen) atoms. The fourth-order valence-electron chi connectivity index (χ4n) is 2.88. The van der Waals surface area contributed by atoms with Crippen molar-refractivity contribution in [3.63, 3.8) is 0 Å². The van der Waals surface area contributed by atoms with E-state index in [9.17, 15) is 4.79 Å². The van der Waals surface area contributed by atoms with E-state index in [1.807, 2.05) is 20.9 Å². The zero-order chi connectivity index (χ0) is 17.4. The van der Waals surface area contributed by atoms with Gasteiger partial charge in [0.15, 0.2) is 11.5 Å². The van der Waals surface area contributed by atoms with Gasteiger partial charge in [-0.25, -0.2) is 4.98 Å². The van der Waals surface area contributed by atoms with E-state index in [0.29, 0.717) is 35.6 Å². The molecule has 0 saturated carbocycles. The van der Waals surface area contributed by atoms with E-state index in [1.54, 1.807) is 11.7 Å². The first-order valence-electron chi connectivity index (χ1n) is 7.94. The second kappa shape index (κ2) is 6.20. The van der Waals surface area contributed by atoms with Crippen molar-refractivity contribution in [3.05, 3.63) is 38.9 Å². The molecule has 0 aliphatic rings. The number of fused-ring (bicyclic) bond motifs is 1. The van der Waals surface area contributed by atoms with Gasteiger partial charge in [-0.15, -0.1) is 0 Å². The van der Waals surface area contributed by atoms with Gasteiger partial charge in [0.25, 0.3) is 5.56 Å². The molecule has 1 unspecified atom stereocenters. The van der Waals surface area contributed by atoms with Crippen molar-refractivity contribution in [1.29, 1.82) is 0 Å². The number of H-pyrrole nitrogens is 1. The van der Waals surface area contributed by atoms with Gasteiger partial charge in [-0.2, -0.15) is 4.98 Å². The minimum Gasteiger partial charge on any atom is -0.339 e. The normalized spacial score (nSPS) is 12.9. The van der Waals surface area contributed by atoms with E-state index in [0.717, 1.165) is 16.8 Å². The minimum absolute atomic E-state index is 0.132. The predicted molar refractivity (Wildman–Crippen MR) is 90.1 cm³/mol. The number of pyridine rings is 1. The molecule has 3 aromatic rings. The van der Waals surface area contributed by atoms with Gasteiger partial charge in [0, 0.05) is 25.2 Å². The first-order chi connectivity index (χ1) is 11.4. The van der Waals surface area contributed by atoms with Crippen LogP contribution in [-0.4, -0.2) is 38.0 Å². The molecule has 128 valence electrons. The highest BCUT2D eigenvalue weighted by molar-refractivity contribution is 5.80. The summed E-state index contributed by atoms with van der Waals surface area (Å²) in [5.41, 5.74) is 3.25. The lowest BCUT2D eigenvalue weighted by molar-refractivity contribution is 0.377. The molecule has 0 radical (unpaired) electrons. The van der Waals surface area contributed by atoms with Gasteiger partial charge in [0.2, 0.25) is 5.89 Å². The molecule has 8 heteroatoms. The van der Waals surface area contributed by atoms with Crippen molar-refractivity contribution in [3.8, 4) is 0 Å². The Morgan fingerprint density at radius 1 is 1.33 bits per heavy atom. The van der Waals surface area contributed by atoms with Crippen molar-refractivity contribution in [2.75, 3.05) is 7.05 Å². The zero-order valence-electron chi connectivity index (χ0n) is 14.6. The summed E-state index contributed by atoms with van der Waals surface area (Å²) in [6, 6.07) is 0.278. The van der Waals surface area contributed by atoms with E-state index in [-0.39, 0.29) is 11.6 Å². The van der Waals surface area contributed by atoms with E-state index in [4.69, 9.17) is 4.52 Å². The van der Waals surface area contributed by atoms with Crippen LogP contribution in [0.2, 0.25) is 0 Å². The lowest BCUT2D eigenvalue weighted by Gasteiger charge is -2.08. The number of nitrogens with zero attached hydrogens (tertiary/aromatic N) is 4.